The van der Waals surface area contributed by atoms with E-state index in [1.54, 1.807) is 40.9 Å². The molecule has 1 aromatic carbocycles. The van der Waals surface area contributed by atoms with Gasteiger partial charge in [-0.05, 0) is 28.7 Å². The highest BCUT2D eigenvalue weighted by molar-refractivity contribution is 14.1. The number of hydrogen-bond acceptors (Lipinski definition) is 5. The number of methoxy groups -OCH3 is 1. The third-order valence-corrected chi connectivity index (χ3v) is 3.57. The molecule has 0 aliphatic carbocycles. The molecule has 1 heterocycles. The lowest BCUT2D eigenvalue weighted by Crippen LogP contribution is -2.06. The molecule has 2 rings (SSSR count). The second-order valence-electron chi connectivity index (χ2n) is 4.07. The van der Waals surface area contributed by atoms with E-state index in [4.69, 9.17) is 4.74 Å². The van der Waals surface area contributed by atoms with Crippen molar-refractivity contribution in [1.82, 2.24) is 4.98 Å². The lowest BCUT2D eigenvalue weighted by molar-refractivity contribution is -0.384. The lowest BCUT2D eigenvalue weighted by Gasteiger charge is -2.10. The van der Waals surface area contributed by atoms with Gasteiger partial charge in [0, 0.05) is 30.4 Å². The van der Waals surface area contributed by atoms with Crippen LogP contribution in [0.4, 0.5) is 15.8 Å². The Balaban J connectivity index is 2.27. The maximum atomic E-state index is 13.6. The molecule has 0 atom stereocenters. The zero-order chi connectivity index (χ0) is 15.4. The van der Waals surface area contributed by atoms with Crippen molar-refractivity contribution in [2.45, 2.75) is 6.54 Å². The van der Waals surface area contributed by atoms with Gasteiger partial charge in [0.05, 0.1) is 15.6 Å². The molecule has 0 saturated carbocycles. The number of nitrogens with one attached hydrogen (secondary N) is 1. The van der Waals surface area contributed by atoms with Gasteiger partial charge < -0.3 is 10.1 Å². The van der Waals surface area contributed by atoms with Crippen molar-refractivity contribution >= 4 is 34.0 Å². The Morgan fingerprint density at radius 3 is 2.95 bits per heavy atom. The van der Waals surface area contributed by atoms with Crippen molar-refractivity contribution in [2.75, 3.05) is 12.4 Å². The van der Waals surface area contributed by atoms with E-state index in [-0.39, 0.29) is 21.5 Å². The van der Waals surface area contributed by atoms with Crippen molar-refractivity contribution in [3.63, 3.8) is 0 Å². The van der Waals surface area contributed by atoms with Crippen LogP contribution in [0.3, 0.4) is 0 Å². The normalized spacial score (nSPS) is 10.2. The van der Waals surface area contributed by atoms with Gasteiger partial charge >= 0.3 is 0 Å². The maximum absolute atomic E-state index is 13.6. The van der Waals surface area contributed by atoms with Gasteiger partial charge in [-0.3, -0.25) is 10.1 Å². The van der Waals surface area contributed by atoms with E-state index in [9.17, 15) is 14.5 Å². The Morgan fingerprint density at radius 1 is 1.52 bits per heavy atom. The molecule has 110 valence electrons. The van der Waals surface area contributed by atoms with E-state index in [1.807, 2.05) is 0 Å². The van der Waals surface area contributed by atoms with Crippen LogP contribution in [0.25, 0.3) is 0 Å². The summed E-state index contributed by atoms with van der Waals surface area (Å²) in [5, 5.41) is 13.9. The summed E-state index contributed by atoms with van der Waals surface area (Å²) in [7, 11) is 1.48. The van der Waals surface area contributed by atoms with Gasteiger partial charge in [0.2, 0.25) is 5.88 Å². The van der Waals surface area contributed by atoms with Crippen LogP contribution in [-0.4, -0.2) is 17.0 Å². The maximum Gasteiger partial charge on any atom is 0.293 e. The average Bonchev–Trinajstić information content (AvgIpc) is 2.48. The van der Waals surface area contributed by atoms with E-state index in [0.29, 0.717) is 11.4 Å². The van der Waals surface area contributed by atoms with E-state index >= 15 is 0 Å². The van der Waals surface area contributed by atoms with Crippen LogP contribution < -0.4 is 10.1 Å². The van der Waals surface area contributed by atoms with Crippen LogP contribution >= 0.6 is 22.6 Å². The first-order valence-electron chi connectivity index (χ1n) is 5.88. The highest BCUT2D eigenvalue weighted by Gasteiger charge is 2.17. The molecule has 21 heavy (non-hydrogen) atoms. The third kappa shape index (κ3) is 3.57. The van der Waals surface area contributed by atoms with Crippen molar-refractivity contribution < 1.29 is 14.1 Å². The van der Waals surface area contributed by atoms with Crippen LogP contribution in [0.2, 0.25) is 0 Å². The standard InChI is InChI=1S/C13H11FIN3O3/c1-21-13-8(3-2-4-16-13)7-17-11-5-9(14)10(15)6-12(11)18(19)20/h2-6,17H,7H2,1H3. The van der Waals surface area contributed by atoms with Crippen molar-refractivity contribution in [1.29, 1.82) is 0 Å². The fourth-order valence-electron chi connectivity index (χ4n) is 1.76. The Kier molecular flexibility index (Phi) is 4.89. The van der Waals surface area contributed by atoms with E-state index in [2.05, 4.69) is 10.3 Å². The minimum Gasteiger partial charge on any atom is -0.481 e. The van der Waals surface area contributed by atoms with Crippen LogP contribution in [0.1, 0.15) is 5.56 Å². The largest absolute Gasteiger partial charge is 0.481 e. The molecule has 0 aliphatic rings. The molecule has 0 bridgehead atoms. The first kappa shape index (κ1) is 15.4. The monoisotopic (exact) mass is 403 g/mol. The molecule has 6 nitrogen and oxygen atoms in total. The molecule has 0 aliphatic heterocycles. The summed E-state index contributed by atoms with van der Waals surface area (Å²) in [4.78, 5) is 14.5. The van der Waals surface area contributed by atoms with Crippen molar-refractivity contribution in [2.24, 2.45) is 0 Å². The number of nitro benzene ring substituents is 1. The molecule has 0 spiro atoms. The Morgan fingerprint density at radius 2 is 2.29 bits per heavy atom. The Bertz CT molecular complexity index is 682. The molecular formula is C13H11FIN3O3. The summed E-state index contributed by atoms with van der Waals surface area (Å²) in [6.07, 6.45) is 1.58. The van der Waals surface area contributed by atoms with E-state index in [0.717, 1.165) is 6.07 Å². The summed E-state index contributed by atoms with van der Waals surface area (Å²) < 4.78 is 18.9. The minimum atomic E-state index is -0.551. The average molecular weight is 403 g/mol. The highest BCUT2D eigenvalue weighted by Crippen LogP contribution is 2.29. The molecule has 1 aromatic heterocycles. The van der Waals surface area contributed by atoms with E-state index in [1.165, 1.54) is 13.2 Å². The van der Waals surface area contributed by atoms with Crippen molar-refractivity contribution in [3.05, 3.63) is 55.5 Å². The molecule has 0 saturated heterocycles. The van der Waals surface area contributed by atoms with Gasteiger partial charge in [-0.2, -0.15) is 0 Å². The van der Waals surface area contributed by atoms with Gasteiger partial charge in [0.1, 0.15) is 11.5 Å². The Hall–Kier alpha value is -1.97. The van der Waals surface area contributed by atoms with Crippen molar-refractivity contribution in [3.8, 4) is 5.88 Å². The smallest absolute Gasteiger partial charge is 0.293 e. The molecule has 0 unspecified atom stereocenters. The van der Waals surface area contributed by atoms with Crippen LogP contribution in [0, 0.1) is 19.5 Å². The zero-order valence-corrected chi connectivity index (χ0v) is 13.1. The molecular weight excluding hydrogens is 392 g/mol. The molecule has 8 heteroatoms. The topological polar surface area (TPSA) is 77.3 Å². The molecule has 2 aromatic rings. The van der Waals surface area contributed by atoms with Crippen LogP contribution in [-0.2, 0) is 6.54 Å². The number of nitro groups is 1. The SMILES string of the molecule is COc1ncccc1CNc1cc(F)c(I)cc1[N+](=O)[O-]. The molecule has 0 fully saturated rings. The predicted molar refractivity (Wildman–Crippen MR) is 83.9 cm³/mol. The summed E-state index contributed by atoms with van der Waals surface area (Å²) in [5.41, 5.74) is 0.653. The van der Waals surface area contributed by atoms with E-state index < -0.39 is 10.7 Å². The first-order valence-corrected chi connectivity index (χ1v) is 6.96. The molecule has 1 N–H and O–H groups in total. The number of hydrogen-bond donors (Lipinski definition) is 1. The second-order valence-corrected chi connectivity index (χ2v) is 5.23. The highest BCUT2D eigenvalue weighted by atomic mass is 127. The number of anilines is 1. The number of rotatable bonds is 5. The van der Waals surface area contributed by atoms with Crippen LogP contribution in [0.5, 0.6) is 5.88 Å². The predicted octanol–water partition coefficient (Wildman–Crippen LogP) is 3.35. The summed E-state index contributed by atoms with van der Waals surface area (Å²) in [5.74, 6) is -0.0968. The fraction of sp³-hybridized carbons (Fsp3) is 0.154. The first-order chi connectivity index (χ1) is 10.0. The minimum absolute atomic E-state index is 0.115. The third-order valence-electron chi connectivity index (χ3n) is 2.75. The molecule has 0 radical (unpaired) electrons. The lowest BCUT2D eigenvalue weighted by atomic mass is 10.2. The number of pyridine rings is 1. The summed E-state index contributed by atoms with van der Waals surface area (Å²) in [6.45, 7) is 0.234. The summed E-state index contributed by atoms with van der Waals surface area (Å²) in [6, 6.07) is 5.80. The van der Waals surface area contributed by atoms with Gasteiger partial charge in [-0.15, -0.1) is 0 Å². The van der Waals surface area contributed by atoms with Gasteiger partial charge in [-0.1, -0.05) is 6.07 Å². The molecule has 0 amide bonds. The summed E-state index contributed by atoms with van der Waals surface area (Å²) >= 11 is 1.71. The second kappa shape index (κ2) is 6.66. The number of aromatic nitrogens is 1. The Labute approximate surface area is 133 Å². The van der Waals surface area contributed by atoms with Crippen LogP contribution in [0.15, 0.2) is 30.5 Å². The number of ether oxygens (including phenoxy) is 1. The number of benzene rings is 1. The fourth-order valence-corrected chi connectivity index (χ4v) is 2.21. The van der Waals surface area contributed by atoms with Gasteiger partial charge in [0.25, 0.3) is 5.69 Å². The number of nitrogens with zero attached hydrogens (tertiary/aromatic N) is 2. The number of halogens is 2. The van der Waals surface area contributed by atoms with Gasteiger partial charge in [-0.25, -0.2) is 9.37 Å². The van der Waals surface area contributed by atoms with Gasteiger partial charge in [0.15, 0.2) is 0 Å². The zero-order valence-electron chi connectivity index (χ0n) is 11.0. The quantitative estimate of drug-likeness (QED) is 0.471.